The molecule has 2 saturated heterocycles. The smallest absolute Gasteiger partial charge is 0.270 e. The molecular weight excluding hydrogens is 238 g/mol. The van der Waals surface area contributed by atoms with Gasteiger partial charge in [0.05, 0.1) is 0 Å². The molecule has 19 heavy (non-hydrogen) atoms. The molecule has 1 amide bonds. The van der Waals surface area contributed by atoms with Crippen molar-refractivity contribution >= 4 is 5.91 Å². The summed E-state index contributed by atoms with van der Waals surface area (Å²) in [5, 5.41) is 0. The molecule has 0 radical (unpaired) electrons. The molecule has 1 N–H and O–H groups in total. The maximum absolute atomic E-state index is 12.3. The molecule has 3 heterocycles. The molecule has 1 aromatic heterocycles. The fourth-order valence-corrected chi connectivity index (χ4v) is 3.35. The van der Waals surface area contributed by atoms with Gasteiger partial charge < -0.3 is 9.88 Å². The number of carbonyl (C=O) groups is 1. The van der Waals surface area contributed by atoms with E-state index in [1.165, 1.54) is 13.0 Å². The number of hydrogen-bond acceptors (Lipinski definition) is 2. The predicted molar refractivity (Wildman–Crippen MR) is 75.0 cm³/mol. The lowest BCUT2D eigenvalue weighted by atomic mass is 9.76. The minimum Gasteiger partial charge on any atom is -0.357 e. The highest BCUT2D eigenvalue weighted by atomic mass is 16.2. The van der Waals surface area contributed by atoms with Crippen molar-refractivity contribution in [1.29, 1.82) is 0 Å². The van der Waals surface area contributed by atoms with Crippen LogP contribution in [0.25, 0.3) is 0 Å². The summed E-state index contributed by atoms with van der Waals surface area (Å²) in [5.41, 5.74) is 1.05. The zero-order valence-electron chi connectivity index (χ0n) is 11.3. The Labute approximate surface area is 114 Å². The lowest BCUT2D eigenvalue weighted by Gasteiger charge is -2.56. The number of carbonyl (C=O) groups excluding carboxylic acids is 1. The van der Waals surface area contributed by atoms with Gasteiger partial charge in [-0.1, -0.05) is 6.08 Å². The van der Waals surface area contributed by atoms with Crippen molar-refractivity contribution in [2.24, 2.45) is 0 Å². The molecule has 2 aliphatic heterocycles. The Balaban J connectivity index is 1.61. The second-order valence-corrected chi connectivity index (χ2v) is 5.59. The molecule has 2 aliphatic rings. The van der Waals surface area contributed by atoms with Crippen molar-refractivity contribution in [1.82, 2.24) is 14.8 Å². The van der Waals surface area contributed by atoms with Crippen LogP contribution < -0.4 is 0 Å². The highest BCUT2D eigenvalue weighted by Gasteiger charge is 2.46. The van der Waals surface area contributed by atoms with E-state index in [9.17, 15) is 4.79 Å². The quantitative estimate of drug-likeness (QED) is 0.842. The van der Waals surface area contributed by atoms with Crippen LogP contribution in [0.3, 0.4) is 0 Å². The van der Waals surface area contributed by atoms with Gasteiger partial charge in [-0.05, 0) is 31.4 Å². The normalized spacial score (nSPS) is 22.2. The molecule has 3 rings (SSSR count). The van der Waals surface area contributed by atoms with E-state index in [2.05, 4.69) is 16.5 Å². The zero-order chi connectivity index (χ0) is 13.3. The molecule has 4 heteroatoms. The third-order valence-electron chi connectivity index (χ3n) is 4.68. The monoisotopic (exact) mass is 259 g/mol. The summed E-state index contributed by atoms with van der Waals surface area (Å²) < 4.78 is 0. The summed E-state index contributed by atoms with van der Waals surface area (Å²) in [7, 11) is 0. The minimum atomic E-state index is 0.134. The van der Waals surface area contributed by atoms with Crippen LogP contribution in [0.2, 0.25) is 0 Å². The Morgan fingerprint density at radius 2 is 2.11 bits per heavy atom. The maximum Gasteiger partial charge on any atom is 0.270 e. The van der Waals surface area contributed by atoms with Gasteiger partial charge in [0.25, 0.3) is 5.91 Å². The van der Waals surface area contributed by atoms with Crippen LogP contribution in [-0.2, 0) is 0 Å². The van der Waals surface area contributed by atoms with Gasteiger partial charge in [0, 0.05) is 37.9 Å². The summed E-state index contributed by atoms with van der Waals surface area (Å²) >= 11 is 0. The van der Waals surface area contributed by atoms with Crippen LogP contribution in [0.4, 0.5) is 0 Å². The molecule has 0 aromatic carbocycles. The highest BCUT2D eigenvalue weighted by Crippen LogP contribution is 2.39. The van der Waals surface area contributed by atoms with Crippen molar-refractivity contribution in [3.8, 4) is 0 Å². The number of nitrogens with zero attached hydrogens (tertiary/aromatic N) is 2. The molecule has 0 atom stereocenters. The van der Waals surface area contributed by atoms with Crippen molar-refractivity contribution in [2.45, 2.75) is 24.8 Å². The second kappa shape index (κ2) is 4.85. The molecule has 2 fully saturated rings. The molecule has 0 bridgehead atoms. The molecule has 0 unspecified atom stereocenters. The Hall–Kier alpha value is -1.55. The number of likely N-dealkylation sites (tertiary alicyclic amines) is 2. The fourth-order valence-electron chi connectivity index (χ4n) is 3.35. The van der Waals surface area contributed by atoms with Crippen molar-refractivity contribution < 1.29 is 4.79 Å². The average molecular weight is 259 g/mol. The van der Waals surface area contributed by atoms with E-state index in [4.69, 9.17) is 0 Å². The van der Waals surface area contributed by atoms with Crippen molar-refractivity contribution in [2.75, 3.05) is 26.2 Å². The summed E-state index contributed by atoms with van der Waals surface area (Å²) in [6, 6.07) is 3.72. The van der Waals surface area contributed by atoms with Crippen LogP contribution in [-0.4, -0.2) is 52.4 Å². The zero-order valence-corrected chi connectivity index (χ0v) is 11.3. The number of piperidine rings is 1. The highest BCUT2D eigenvalue weighted by molar-refractivity contribution is 5.92. The van der Waals surface area contributed by atoms with Crippen molar-refractivity contribution in [3.63, 3.8) is 0 Å². The van der Waals surface area contributed by atoms with Gasteiger partial charge in [-0.15, -0.1) is 6.58 Å². The number of aromatic amines is 1. The largest absolute Gasteiger partial charge is 0.357 e. The molecule has 1 spiro atoms. The van der Waals surface area contributed by atoms with E-state index in [1.54, 1.807) is 6.20 Å². The number of aromatic nitrogens is 1. The molecule has 0 aliphatic carbocycles. The predicted octanol–water partition coefficient (Wildman–Crippen LogP) is 1.88. The van der Waals surface area contributed by atoms with Crippen LogP contribution in [0.15, 0.2) is 31.0 Å². The van der Waals surface area contributed by atoms with Gasteiger partial charge in [0.15, 0.2) is 0 Å². The Kier molecular flexibility index (Phi) is 3.19. The number of amides is 1. The number of rotatable bonds is 3. The first-order valence-corrected chi connectivity index (χ1v) is 7.04. The first kappa shape index (κ1) is 12.5. The molecular formula is C15H21N3O. The lowest BCUT2D eigenvalue weighted by Crippen LogP contribution is -2.64. The minimum absolute atomic E-state index is 0.134. The van der Waals surface area contributed by atoms with E-state index in [0.717, 1.165) is 32.5 Å². The van der Waals surface area contributed by atoms with Crippen LogP contribution in [0.1, 0.15) is 29.8 Å². The Bertz CT molecular complexity index is 458. The van der Waals surface area contributed by atoms with Crippen LogP contribution in [0, 0.1) is 0 Å². The first-order valence-electron chi connectivity index (χ1n) is 7.04. The molecule has 1 aromatic rings. The standard InChI is InChI=1S/C15H21N3O/c1-2-9-18-12-7-15(18)5-10-17(11-6-15)14(19)13-4-3-8-16-13/h2-4,8,16H,1,5-7,9-12H2. The van der Waals surface area contributed by atoms with Crippen LogP contribution >= 0.6 is 0 Å². The summed E-state index contributed by atoms with van der Waals surface area (Å²) in [6.07, 6.45) is 7.24. The SMILES string of the molecule is C=CCN1CCC12CCN(C(=O)c1ccc[nH]1)CC2. The van der Waals surface area contributed by atoms with Gasteiger partial charge in [0.1, 0.15) is 5.69 Å². The van der Waals surface area contributed by atoms with E-state index in [-0.39, 0.29) is 5.91 Å². The van der Waals surface area contributed by atoms with Crippen molar-refractivity contribution in [3.05, 3.63) is 36.7 Å². The summed E-state index contributed by atoms with van der Waals surface area (Å²) in [6.45, 7) is 7.71. The van der Waals surface area contributed by atoms with E-state index in [0.29, 0.717) is 11.2 Å². The van der Waals surface area contributed by atoms with Gasteiger partial charge in [-0.2, -0.15) is 0 Å². The topological polar surface area (TPSA) is 39.3 Å². The summed E-state index contributed by atoms with van der Waals surface area (Å²) in [4.78, 5) is 19.7. The average Bonchev–Trinajstić information content (AvgIpc) is 2.97. The van der Waals surface area contributed by atoms with Gasteiger partial charge in [-0.3, -0.25) is 9.69 Å². The third kappa shape index (κ3) is 2.10. The molecule has 102 valence electrons. The maximum atomic E-state index is 12.3. The van der Waals surface area contributed by atoms with Gasteiger partial charge in [0.2, 0.25) is 0 Å². The van der Waals surface area contributed by atoms with E-state index in [1.807, 2.05) is 23.1 Å². The number of nitrogens with one attached hydrogen (secondary N) is 1. The Morgan fingerprint density at radius 1 is 1.37 bits per heavy atom. The lowest BCUT2D eigenvalue weighted by molar-refractivity contribution is -0.0459. The number of hydrogen-bond donors (Lipinski definition) is 1. The number of H-pyrrole nitrogens is 1. The second-order valence-electron chi connectivity index (χ2n) is 5.59. The van der Waals surface area contributed by atoms with Gasteiger partial charge in [-0.25, -0.2) is 0 Å². The third-order valence-corrected chi connectivity index (χ3v) is 4.68. The van der Waals surface area contributed by atoms with Gasteiger partial charge >= 0.3 is 0 Å². The molecule has 4 nitrogen and oxygen atoms in total. The van der Waals surface area contributed by atoms with E-state index >= 15 is 0 Å². The fraction of sp³-hybridized carbons (Fsp3) is 0.533. The Morgan fingerprint density at radius 3 is 2.63 bits per heavy atom. The first-order chi connectivity index (χ1) is 9.25. The van der Waals surface area contributed by atoms with Crippen LogP contribution in [0.5, 0.6) is 0 Å². The summed E-state index contributed by atoms with van der Waals surface area (Å²) in [5.74, 6) is 0.134. The van der Waals surface area contributed by atoms with E-state index < -0.39 is 0 Å². The molecule has 0 saturated carbocycles.